The van der Waals surface area contributed by atoms with E-state index in [1.807, 2.05) is 41.5 Å². The number of nitrogens with one attached hydrogen (secondary N) is 1. The van der Waals surface area contributed by atoms with E-state index in [0.717, 1.165) is 5.56 Å². The second kappa shape index (κ2) is 8.48. The first-order valence-corrected chi connectivity index (χ1v) is 11.8. The predicted molar refractivity (Wildman–Crippen MR) is 116 cm³/mol. The van der Waals surface area contributed by atoms with Gasteiger partial charge in [0.15, 0.2) is 0 Å². The summed E-state index contributed by atoms with van der Waals surface area (Å²) in [6.07, 6.45) is -1.17. The van der Waals surface area contributed by atoms with Crippen LogP contribution in [0, 0.1) is 5.41 Å². The van der Waals surface area contributed by atoms with Crippen LogP contribution in [0.2, 0.25) is 0 Å². The van der Waals surface area contributed by atoms with Crippen LogP contribution in [0.4, 0.5) is 13.6 Å². The molecule has 1 aliphatic carbocycles. The number of ether oxygens (including phenoxy) is 1. The van der Waals surface area contributed by atoms with E-state index < -0.39 is 28.1 Å². The Bertz CT molecular complexity index is 815. The lowest BCUT2D eigenvalue weighted by Gasteiger charge is -2.43. The van der Waals surface area contributed by atoms with E-state index in [0.29, 0.717) is 38.0 Å². The normalized spacial score (nSPS) is 22.0. The summed E-state index contributed by atoms with van der Waals surface area (Å²) >= 11 is -1.34. The highest BCUT2D eigenvalue weighted by atomic mass is 32.2. The SMILES string of the molecule is CC(C)(C)OC(=O)N1CCC2(CC1)Cc1nc(C(F)F)ccc1[C@H]2N[S+]([O-])C(C)(C)C. The molecule has 2 atom stereocenters. The molecule has 1 N–H and O–H groups in total. The third-order valence-electron chi connectivity index (χ3n) is 5.89. The van der Waals surface area contributed by atoms with Crippen molar-refractivity contribution in [3.8, 4) is 0 Å². The minimum absolute atomic E-state index is 0.238. The number of rotatable bonds is 3. The third-order valence-corrected chi connectivity index (χ3v) is 7.45. The molecule has 1 saturated heterocycles. The highest BCUT2D eigenvalue weighted by Gasteiger charge is 2.52. The van der Waals surface area contributed by atoms with Crippen LogP contribution in [0.1, 0.15) is 83.8 Å². The van der Waals surface area contributed by atoms with Crippen LogP contribution in [-0.4, -0.2) is 44.0 Å². The lowest BCUT2D eigenvalue weighted by molar-refractivity contribution is 0.00709. The van der Waals surface area contributed by atoms with E-state index in [4.69, 9.17) is 4.74 Å². The smallest absolute Gasteiger partial charge is 0.410 e. The van der Waals surface area contributed by atoms with E-state index >= 15 is 0 Å². The zero-order valence-electron chi connectivity index (χ0n) is 19.1. The number of amides is 1. The maximum atomic E-state index is 13.2. The zero-order valence-corrected chi connectivity index (χ0v) is 19.9. The summed E-state index contributed by atoms with van der Waals surface area (Å²) in [5.41, 5.74) is 0.312. The molecule has 1 spiro atoms. The van der Waals surface area contributed by atoms with E-state index in [2.05, 4.69) is 9.71 Å². The fourth-order valence-corrected chi connectivity index (χ4v) is 5.16. The van der Waals surface area contributed by atoms with E-state index in [-0.39, 0.29) is 23.2 Å². The molecule has 0 saturated carbocycles. The van der Waals surface area contributed by atoms with Gasteiger partial charge >= 0.3 is 6.09 Å². The molecule has 31 heavy (non-hydrogen) atoms. The number of piperidine rings is 1. The van der Waals surface area contributed by atoms with Gasteiger partial charge in [0, 0.05) is 35.6 Å². The average molecular weight is 458 g/mol. The first-order chi connectivity index (χ1) is 14.2. The summed E-state index contributed by atoms with van der Waals surface area (Å²) in [6.45, 7) is 12.1. The van der Waals surface area contributed by atoms with Crippen molar-refractivity contribution in [3.63, 3.8) is 0 Å². The molecule has 1 aromatic rings. The second-order valence-electron chi connectivity index (χ2n) is 10.5. The number of fused-ring (bicyclic) bond motifs is 1. The summed E-state index contributed by atoms with van der Waals surface area (Å²) < 4.78 is 47.7. The topological polar surface area (TPSA) is 77.5 Å². The third kappa shape index (κ3) is 5.31. The van der Waals surface area contributed by atoms with Crippen molar-refractivity contribution in [1.29, 1.82) is 0 Å². The highest BCUT2D eigenvalue weighted by Crippen LogP contribution is 2.52. The molecule has 1 fully saturated rings. The minimum Gasteiger partial charge on any atom is -0.598 e. The standard InChI is InChI=1S/C22H33F2N3O3S/c1-20(2,3)30-19(28)27-11-9-22(10-12-27)13-16-14(7-8-15(25-16)18(23)24)17(22)26-31(29)21(4,5)6/h7-8,17-18,26H,9-13H2,1-6H3/t17-,31?/m1/s1. The summed E-state index contributed by atoms with van der Waals surface area (Å²) in [7, 11) is 0. The molecule has 1 amide bonds. The van der Waals surface area contributed by atoms with Crippen LogP contribution in [0.15, 0.2) is 12.1 Å². The van der Waals surface area contributed by atoms with E-state index in [9.17, 15) is 18.1 Å². The Hall–Kier alpha value is -1.45. The average Bonchev–Trinajstić information content (AvgIpc) is 2.92. The Kier molecular flexibility index (Phi) is 6.62. The lowest BCUT2D eigenvalue weighted by atomic mass is 9.73. The highest BCUT2D eigenvalue weighted by molar-refractivity contribution is 7.90. The van der Waals surface area contributed by atoms with Gasteiger partial charge in [0.2, 0.25) is 0 Å². The van der Waals surface area contributed by atoms with Gasteiger partial charge in [-0.05, 0) is 72.4 Å². The summed E-state index contributed by atoms with van der Waals surface area (Å²) in [5.74, 6) is 0. The first-order valence-electron chi connectivity index (χ1n) is 10.7. The number of hydrogen-bond donors (Lipinski definition) is 1. The van der Waals surface area contributed by atoms with Gasteiger partial charge in [0.05, 0.1) is 6.04 Å². The van der Waals surface area contributed by atoms with E-state index in [1.165, 1.54) is 6.07 Å². The van der Waals surface area contributed by atoms with Gasteiger partial charge in [0.25, 0.3) is 6.43 Å². The van der Waals surface area contributed by atoms with Crippen molar-refractivity contribution in [2.24, 2.45) is 5.41 Å². The molecule has 174 valence electrons. The predicted octanol–water partition coefficient (Wildman–Crippen LogP) is 4.69. The van der Waals surface area contributed by atoms with Crippen LogP contribution in [0.5, 0.6) is 0 Å². The van der Waals surface area contributed by atoms with E-state index in [1.54, 1.807) is 11.0 Å². The van der Waals surface area contributed by atoms with Crippen LogP contribution in [-0.2, 0) is 22.5 Å². The van der Waals surface area contributed by atoms with Gasteiger partial charge in [-0.1, -0.05) is 6.07 Å². The fourth-order valence-electron chi connectivity index (χ4n) is 4.22. The quantitative estimate of drug-likeness (QED) is 0.667. The summed E-state index contributed by atoms with van der Waals surface area (Å²) in [6, 6.07) is 2.77. The van der Waals surface area contributed by atoms with Crippen LogP contribution in [0.25, 0.3) is 0 Å². The number of halogens is 2. The number of hydrogen-bond acceptors (Lipinski definition) is 5. The maximum Gasteiger partial charge on any atom is 0.410 e. The number of carbonyl (C=O) groups excluding carboxylic acids is 1. The van der Waals surface area contributed by atoms with Gasteiger partial charge in [-0.25, -0.2) is 13.6 Å². The number of carbonyl (C=O) groups is 1. The van der Waals surface area contributed by atoms with Gasteiger partial charge in [-0.3, -0.25) is 4.98 Å². The number of aromatic nitrogens is 1. The van der Waals surface area contributed by atoms with Crippen LogP contribution >= 0.6 is 0 Å². The second-order valence-corrected chi connectivity index (χ2v) is 12.5. The maximum absolute atomic E-state index is 13.2. The van der Waals surface area contributed by atoms with Gasteiger partial charge in [-0.15, -0.1) is 4.72 Å². The van der Waals surface area contributed by atoms with Crippen LogP contribution < -0.4 is 4.72 Å². The Morgan fingerprint density at radius 1 is 1.26 bits per heavy atom. The molecule has 3 rings (SSSR count). The Morgan fingerprint density at radius 3 is 2.39 bits per heavy atom. The van der Waals surface area contributed by atoms with Crippen molar-refractivity contribution in [1.82, 2.24) is 14.6 Å². The molecular formula is C22H33F2N3O3S. The summed E-state index contributed by atoms with van der Waals surface area (Å²) in [4.78, 5) is 18.4. The molecule has 0 radical (unpaired) electrons. The Balaban J connectivity index is 1.85. The van der Waals surface area contributed by atoms with Crippen molar-refractivity contribution in [3.05, 3.63) is 29.1 Å². The molecule has 1 aliphatic heterocycles. The monoisotopic (exact) mass is 457 g/mol. The lowest BCUT2D eigenvalue weighted by Crippen LogP contribution is -2.51. The fraction of sp³-hybridized carbons (Fsp3) is 0.727. The molecular weight excluding hydrogens is 424 g/mol. The van der Waals surface area contributed by atoms with Crippen molar-refractivity contribution in [2.45, 2.75) is 83.6 Å². The summed E-state index contributed by atoms with van der Waals surface area (Å²) in [5, 5.41) is 0. The van der Waals surface area contributed by atoms with Crippen molar-refractivity contribution >= 4 is 17.5 Å². The number of pyridine rings is 1. The molecule has 6 nitrogen and oxygen atoms in total. The molecule has 9 heteroatoms. The molecule has 0 aromatic carbocycles. The molecule has 1 aromatic heterocycles. The first kappa shape index (κ1) is 24.2. The van der Waals surface area contributed by atoms with Gasteiger partial charge < -0.3 is 14.2 Å². The van der Waals surface area contributed by atoms with Gasteiger partial charge in [-0.2, -0.15) is 0 Å². The van der Waals surface area contributed by atoms with Crippen molar-refractivity contribution in [2.75, 3.05) is 13.1 Å². The largest absolute Gasteiger partial charge is 0.598 e. The number of nitrogens with zero attached hydrogens (tertiary/aromatic N) is 2. The minimum atomic E-state index is -2.63. The molecule has 0 bridgehead atoms. The van der Waals surface area contributed by atoms with Gasteiger partial charge in [0.1, 0.15) is 16.0 Å². The molecule has 1 unspecified atom stereocenters. The van der Waals surface area contributed by atoms with Crippen LogP contribution in [0.3, 0.4) is 0 Å². The number of alkyl halides is 2. The number of likely N-dealkylation sites (tertiary alicyclic amines) is 1. The Morgan fingerprint density at radius 2 is 1.87 bits per heavy atom. The van der Waals surface area contributed by atoms with Crippen molar-refractivity contribution < 1.29 is 22.9 Å². The molecule has 2 aliphatic rings. The molecule has 2 heterocycles. The zero-order chi connectivity index (χ0) is 23.2. The Labute approximate surface area is 186 Å².